The molecule has 7 heteroatoms. The minimum atomic E-state index is -0.572. The number of carbonyl (C=O) groups is 1. The molecule has 2 aromatic carbocycles. The number of nitrogens with zero attached hydrogens (tertiary/aromatic N) is 2. The number of aromatic nitrogens is 1. The van der Waals surface area contributed by atoms with Crippen LogP contribution in [0.15, 0.2) is 42.5 Å². The fourth-order valence-corrected chi connectivity index (χ4v) is 3.46. The number of benzene rings is 2. The summed E-state index contributed by atoms with van der Waals surface area (Å²) in [6.07, 6.45) is -0.572. The van der Waals surface area contributed by atoms with E-state index < -0.39 is 6.09 Å². The molecule has 0 atom stereocenters. The topological polar surface area (TPSA) is 76.3 Å². The Bertz CT molecular complexity index is 1080. The Balaban J connectivity index is 2.14. The standard InChI is InChI=1S/C22H22ClN3O3/c1-14(2)26-20-12-17(28-3)7-8-18(20)19(13-24)21(26)15-5-4-6-16(11-15)25-22(27)29-10-9-23/h4-8,11-12,14H,9-10H2,1-3H3,(H,25,27). The third-order valence-electron chi connectivity index (χ3n) is 4.53. The van der Waals surface area contributed by atoms with Gasteiger partial charge in [-0.05, 0) is 38.1 Å². The van der Waals surface area contributed by atoms with Crippen LogP contribution in [0.25, 0.3) is 22.2 Å². The maximum atomic E-state index is 11.9. The van der Waals surface area contributed by atoms with E-state index in [4.69, 9.17) is 21.1 Å². The van der Waals surface area contributed by atoms with Crippen LogP contribution >= 0.6 is 11.6 Å². The van der Waals surface area contributed by atoms with Crippen molar-refractivity contribution in [2.24, 2.45) is 0 Å². The monoisotopic (exact) mass is 411 g/mol. The summed E-state index contributed by atoms with van der Waals surface area (Å²) < 4.78 is 12.5. The van der Waals surface area contributed by atoms with Crippen LogP contribution in [0.1, 0.15) is 25.5 Å². The molecule has 3 aromatic rings. The van der Waals surface area contributed by atoms with Crippen molar-refractivity contribution in [2.45, 2.75) is 19.9 Å². The van der Waals surface area contributed by atoms with Gasteiger partial charge in [0.25, 0.3) is 0 Å². The van der Waals surface area contributed by atoms with Crippen molar-refractivity contribution in [2.75, 3.05) is 24.9 Å². The molecular formula is C22H22ClN3O3. The van der Waals surface area contributed by atoms with Crippen molar-refractivity contribution in [3.8, 4) is 23.1 Å². The van der Waals surface area contributed by atoms with Crippen LogP contribution in [0.3, 0.4) is 0 Å². The van der Waals surface area contributed by atoms with Crippen molar-refractivity contribution >= 4 is 34.3 Å². The van der Waals surface area contributed by atoms with Gasteiger partial charge in [-0.2, -0.15) is 5.26 Å². The first-order chi connectivity index (χ1) is 14.0. The number of nitriles is 1. The number of fused-ring (bicyclic) bond motifs is 1. The molecule has 3 rings (SSSR count). The summed E-state index contributed by atoms with van der Waals surface area (Å²) in [7, 11) is 1.62. The summed E-state index contributed by atoms with van der Waals surface area (Å²) in [6.45, 7) is 4.26. The van der Waals surface area contributed by atoms with E-state index >= 15 is 0 Å². The number of amides is 1. The zero-order valence-corrected chi connectivity index (χ0v) is 17.3. The highest BCUT2D eigenvalue weighted by atomic mass is 35.5. The van der Waals surface area contributed by atoms with E-state index in [9.17, 15) is 10.1 Å². The van der Waals surface area contributed by atoms with Gasteiger partial charge in [-0.3, -0.25) is 5.32 Å². The molecule has 0 radical (unpaired) electrons. The van der Waals surface area contributed by atoms with Crippen molar-refractivity contribution in [3.05, 3.63) is 48.0 Å². The third-order valence-corrected chi connectivity index (χ3v) is 4.69. The molecule has 0 bridgehead atoms. The summed E-state index contributed by atoms with van der Waals surface area (Å²) in [5, 5.41) is 13.5. The number of methoxy groups -OCH3 is 1. The molecule has 1 amide bonds. The van der Waals surface area contributed by atoms with Gasteiger partial charge >= 0.3 is 6.09 Å². The Hall–Kier alpha value is -3.17. The van der Waals surface area contributed by atoms with Gasteiger partial charge in [0.1, 0.15) is 18.4 Å². The summed E-state index contributed by atoms with van der Waals surface area (Å²) in [5.41, 5.74) is 3.69. The van der Waals surface area contributed by atoms with Crippen LogP contribution in [-0.4, -0.2) is 30.3 Å². The molecule has 0 aliphatic rings. The van der Waals surface area contributed by atoms with Gasteiger partial charge in [0.2, 0.25) is 0 Å². The summed E-state index contributed by atoms with van der Waals surface area (Å²) in [5.74, 6) is 0.960. The highest BCUT2D eigenvalue weighted by molar-refractivity contribution is 6.18. The predicted octanol–water partition coefficient (Wildman–Crippen LogP) is 5.56. The van der Waals surface area contributed by atoms with E-state index in [2.05, 4.69) is 29.8 Å². The normalized spacial score (nSPS) is 10.8. The Morgan fingerprint density at radius 3 is 2.72 bits per heavy atom. The fourth-order valence-electron chi connectivity index (χ4n) is 3.38. The molecule has 0 saturated heterocycles. The number of alkyl halides is 1. The second-order valence-corrected chi connectivity index (χ2v) is 7.09. The van der Waals surface area contributed by atoms with Crippen LogP contribution in [0, 0.1) is 11.3 Å². The molecule has 0 aliphatic carbocycles. The number of halogens is 1. The summed E-state index contributed by atoms with van der Waals surface area (Å²) >= 11 is 5.55. The highest BCUT2D eigenvalue weighted by Crippen LogP contribution is 2.38. The number of ether oxygens (including phenoxy) is 2. The minimum Gasteiger partial charge on any atom is -0.497 e. The maximum absolute atomic E-state index is 11.9. The van der Waals surface area contributed by atoms with Gasteiger partial charge < -0.3 is 14.0 Å². The molecular weight excluding hydrogens is 390 g/mol. The van der Waals surface area contributed by atoms with E-state index in [1.807, 2.05) is 36.4 Å². The highest BCUT2D eigenvalue weighted by Gasteiger charge is 2.21. The molecule has 0 unspecified atom stereocenters. The third kappa shape index (κ3) is 4.15. The van der Waals surface area contributed by atoms with Gasteiger partial charge in [0.05, 0.1) is 29.8 Å². The lowest BCUT2D eigenvalue weighted by atomic mass is 10.1. The molecule has 150 valence electrons. The van der Waals surface area contributed by atoms with Gasteiger partial charge in [-0.15, -0.1) is 11.6 Å². The van der Waals surface area contributed by atoms with Crippen molar-refractivity contribution in [1.82, 2.24) is 4.57 Å². The lowest BCUT2D eigenvalue weighted by Crippen LogP contribution is -2.14. The molecule has 0 spiro atoms. The first kappa shape index (κ1) is 20.6. The maximum Gasteiger partial charge on any atom is 0.411 e. The lowest BCUT2D eigenvalue weighted by molar-refractivity contribution is 0.168. The molecule has 0 saturated carbocycles. The Morgan fingerprint density at radius 1 is 1.28 bits per heavy atom. The first-order valence-corrected chi connectivity index (χ1v) is 9.75. The first-order valence-electron chi connectivity index (χ1n) is 9.22. The fraction of sp³-hybridized carbons (Fsp3) is 0.273. The molecule has 0 aliphatic heterocycles. The Morgan fingerprint density at radius 2 is 2.07 bits per heavy atom. The Kier molecular flexibility index (Phi) is 6.30. The Labute approximate surface area is 174 Å². The average molecular weight is 412 g/mol. The molecule has 0 fully saturated rings. The minimum absolute atomic E-state index is 0.104. The molecule has 1 heterocycles. The lowest BCUT2D eigenvalue weighted by Gasteiger charge is -2.16. The van der Waals surface area contributed by atoms with Crippen molar-refractivity contribution in [1.29, 1.82) is 5.26 Å². The second-order valence-electron chi connectivity index (χ2n) is 6.71. The quantitative estimate of drug-likeness (QED) is 0.539. The van der Waals surface area contributed by atoms with Crippen LogP contribution in [0.4, 0.5) is 10.5 Å². The molecule has 6 nitrogen and oxygen atoms in total. The SMILES string of the molecule is COc1ccc2c(C#N)c(-c3cccc(NC(=O)OCCCl)c3)n(C(C)C)c2c1. The van der Waals surface area contributed by atoms with Gasteiger partial charge in [0, 0.05) is 28.7 Å². The van der Waals surface area contributed by atoms with Gasteiger partial charge in [-0.25, -0.2) is 4.79 Å². The zero-order valence-electron chi connectivity index (χ0n) is 16.5. The summed E-state index contributed by atoms with van der Waals surface area (Å²) in [6, 6.07) is 15.5. The van der Waals surface area contributed by atoms with E-state index in [1.165, 1.54) is 0 Å². The smallest absolute Gasteiger partial charge is 0.411 e. The van der Waals surface area contributed by atoms with Crippen molar-refractivity contribution < 1.29 is 14.3 Å². The number of anilines is 1. The van der Waals surface area contributed by atoms with Crippen LogP contribution in [-0.2, 0) is 4.74 Å². The molecule has 29 heavy (non-hydrogen) atoms. The van der Waals surface area contributed by atoms with Crippen LogP contribution < -0.4 is 10.1 Å². The number of hydrogen-bond donors (Lipinski definition) is 1. The van der Waals surface area contributed by atoms with Crippen LogP contribution in [0.2, 0.25) is 0 Å². The van der Waals surface area contributed by atoms with E-state index in [1.54, 1.807) is 13.2 Å². The second kappa shape index (κ2) is 8.89. The van der Waals surface area contributed by atoms with Crippen molar-refractivity contribution in [3.63, 3.8) is 0 Å². The number of carbonyl (C=O) groups excluding carboxylic acids is 1. The predicted molar refractivity (Wildman–Crippen MR) is 115 cm³/mol. The van der Waals surface area contributed by atoms with Gasteiger partial charge in [0.15, 0.2) is 0 Å². The number of nitrogens with one attached hydrogen (secondary N) is 1. The summed E-state index contributed by atoms with van der Waals surface area (Å²) in [4.78, 5) is 11.9. The van der Waals surface area contributed by atoms with E-state index in [0.717, 1.165) is 27.9 Å². The van der Waals surface area contributed by atoms with E-state index in [0.29, 0.717) is 11.3 Å². The zero-order chi connectivity index (χ0) is 21.0. The van der Waals surface area contributed by atoms with Crippen LogP contribution in [0.5, 0.6) is 5.75 Å². The average Bonchev–Trinajstić information content (AvgIpc) is 3.06. The number of rotatable bonds is 6. The number of hydrogen-bond acceptors (Lipinski definition) is 4. The largest absolute Gasteiger partial charge is 0.497 e. The van der Waals surface area contributed by atoms with E-state index in [-0.39, 0.29) is 18.5 Å². The molecule has 1 N–H and O–H groups in total. The molecule has 1 aromatic heterocycles. The van der Waals surface area contributed by atoms with Gasteiger partial charge in [-0.1, -0.05) is 12.1 Å².